The lowest BCUT2D eigenvalue weighted by Gasteiger charge is -2.18. The van der Waals surface area contributed by atoms with Crippen molar-refractivity contribution < 1.29 is 14.2 Å². The highest BCUT2D eigenvalue weighted by atomic mass is 19.1. The smallest absolute Gasteiger partial charge is 0.196 e. The first-order valence-corrected chi connectivity index (χ1v) is 5.28. The van der Waals surface area contributed by atoms with Gasteiger partial charge in [0.15, 0.2) is 17.3 Å². The predicted molar refractivity (Wildman–Crippen MR) is 61.4 cm³/mol. The van der Waals surface area contributed by atoms with Crippen LogP contribution in [0.15, 0.2) is 6.07 Å². The van der Waals surface area contributed by atoms with Crippen molar-refractivity contribution in [1.82, 2.24) is 0 Å². The number of halogens is 1. The lowest BCUT2D eigenvalue weighted by atomic mass is 9.92. The number of hydrogen-bond acceptors (Lipinski definition) is 3. The number of phenols is 1. The Kier molecular flexibility index (Phi) is 4.12. The van der Waals surface area contributed by atoms with Crippen LogP contribution in [0, 0.1) is 12.7 Å². The third-order valence-electron chi connectivity index (χ3n) is 2.75. The Morgan fingerprint density at radius 2 is 2.19 bits per heavy atom. The first kappa shape index (κ1) is 12.8. The molecule has 0 heterocycles. The molecule has 0 aliphatic heterocycles. The fourth-order valence-corrected chi connectivity index (χ4v) is 1.97. The van der Waals surface area contributed by atoms with E-state index in [1.54, 1.807) is 6.92 Å². The van der Waals surface area contributed by atoms with Gasteiger partial charge in [-0.1, -0.05) is 6.92 Å². The first-order valence-electron chi connectivity index (χ1n) is 5.28. The Hall–Kier alpha value is -1.29. The summed E-state index contributed by atoms with van der Waals surface area (Å²) in [6.45, 7) is 4.25. The standard InChI is InChI=1S/C12H18FNO2/c1-7(4-5-14)10-8(2)6-9(13)12(16-3)11(10)15/h6-7,15H,4-5,14H2,1-3H3. The first-order chi connectivity index (χ1) is 7.52. The van der Waals surface area contributed by atoms with Crippen LogP contribution in [0.3, 0.4) is 0 Å². The number of aromatic hydroxyl groups is 1. The molecule has 0 spiro atoms. The fraction of sp³-hybridized carbons (Fsp3) is 0.500. The Labute approximate surface area is 95.0 Å². The average Bonchev–Trinajstić information content (AvgIpc) is 2.17. The molecule has 0 fully saturated rings. The second-order valence-corrected chi connectivity index (χ2v) is 3.95. The summed E-state index contributed by atoms with van der Waals surface area (Å²) in [5, 5.41) is 9.94. The summed E-state index contributed by atoms with van der Waals surface area (Å²) >= 11 is 0. The van der Waals surface area contributed by atoms with Crippen LogP contribution in [0.1, 0.15) is 30.4 Å². The molecule has 0 aromatic heterocycles. The zero-order valence-electron chi connectivity index (χ0n) is 9.88. The van der Waals surface area contributed by atoms with Gasteiger partial charge >= 0.3 is 0 Å². The monoisotopic (exact) mass is 227 g/mol. The normalized spacial score (nSPS) is 12.6. The van der Waals surface area contributed by atoms with E-state index in [-0.39, 0.29) is 17.4 Å². The topological polar surface area (TPSA) is 55.5 Å². The van der Waals surface area contributed by atoms with Crippen molar-refractivity contribution in [2.75, 3.05) is 13.7 Å². The molecular weight excluding hydrogens is 209 g/mol. The van der Waals surface area contributed by atoms with E-state index in [9.17, 15) is 9.50 Å². The number of benzene rings is 1. The van der Waals surface area contributed by atoms with Gasteiger partial charge in [-0.2, -0.15) is 0 Å². The molecule has 1 unspecified atom stereocenters. The Morgan fingerprint density at radius 1 is 1.56 bits per heavy atom. The SMILES string of the molecule is COc1c(F)cc(C)c(C(C)CCN)c1O. The van der Waals surface area contributed by atoms with E-state index >= 15 is 0 Å². The highest BCUT2D eigenvalue weighted by Gasteiger charge is 2.20. The summed E-state index contributed by atoms with van der Waals surface area (Å²) in [4.78, 5) is 0. The second-order valence-electron chi connectivity index (χ2n) is 3.95. The van der Waals surface area contributed by atoms with E-state index in [4.69, 9.17) is 10.5 Å². The van der Waals surface area contributed by atoms with E-state index in [1.807, 2.05) is 6.92 Å². The maximum absolute atomic E-state index is 13.4. The van der Waals surface area contributed by atoms with Crippen LogP contribution in [-0.2, 0) is 0 Å². The van der Waals surface area contributed by atoms with Gasteiger partial charge in [0.25, 0.3) is 0 Å². The van der Waals surface area contributed by atoms with Gasteiger partial charge in [0.2, 0.25) is 0 Å². The Balaban J connectivity index is 3.27. The van der Waals surface area contributed by atoms with Crippen molar-refractivity contribution in [1.29, 1.82) is 0 Å². The van der Waals surface area contributed by atoms with Crippen molar-refractivity contribution in [3.05, 3.63) is 23.0 Å². The van der Waals surface area contributed by atoms with Gasteiger partial charge in [-0.3, -0.25) is 0 Å². The second kappa shape index (κ2) is 5.16. The van der Waals surface area contributed by atoms with Crippen molar-refractivity contribution in [3.63, 3.8) is 0 Å². The molecule has 0 saturated heterocycles. The van der Waals surface area contributed by atoms with E-state index in [2.05, 4.69) is 0 Å². The molecule has 0 radical (unpaired) electrons. The van der Waals surface area contributed by atoms with Gasteiger partial charge in [0.1, 0.15) is 0 Å². The molecule has 1 rings (SSSR count). The largest absolute Gasteiger partial charge is 0.504 e. The zero-order chi connectivity index (χ0) is 12.3. The Bertz CT molecular complexity index is 380. The van der Waals surface area contributed by atoms with Gasteiger partial charge < -0.3 is 15.6 Å². The predicted octanol–water partition coefficient (Wildman–Crippen LogP) is 2.30. The number of rotatable bonds is 4. The van der Waals surface area contributed by atoms with Crippen LogP contribution in [0.25, 0.3) is 0 Å². The summed E-state index contributed by atoms with van der Waals surface area (Å²) in [5.74, 6) is -0.661. The summed E-state index contributed by atoms with van der Waals surface area (Å²) in [5.41, 5.74) is 6.91. The van der Waals surface area contributed by atoms with Crippen LogP contribution in [0.2, 0.25) is 0 Å². The molecule has 3 nitrogen and oxygen atoms in total. The van der Waals surface area contributed by atoms with Gasteiger partial charge in [-0.25, -0.2) is 4.39 Å². The van der Waals surface area contributed by atoms with E-state index in [0.717, 1.165) is 12.0 Å². The number of phenolic OH excluding ortho intramolecular Hbond substituents is 1. The molecule has 0 aliphatic rings. The van der Waals surface area contributed by atoms with Crippen molar-refractivity contribution in [3.8, 4) is 11.5 Å². The number of hydrogen-bond donors (Lipinski definition) is 2. The van der Waals surface area contributed by atoms with E-state index in [1.165, 1.54) is 13.2 Å². The van der Waals surface area contributed by atoms with Crippen molar-refractivity contribution in [2.45, 2.75) is 26.2 Å². The van der Waals surface area contributed by atoms with Gasteiger partial charge in [0, 0.05) is 5.56 Å². The van der Waals surface area contributed by atoms with Gasteiger partial charge in [0.05, 0.1) is 7.11 Å². The van der Waals surface area contributed by atoms with Crippen LogP contribution in [0.5, 0.6) is 11.5 Å². The number of nitrogens with two attached hydrogens (primary N) is 1. The molecule has 0 bridgehead atoms. The summed E-state index contributed by atoms with van der Waals surface area (Å²) < 4.78 is 18.3. The molecule has 0 amide bonds. The maximum atomic E-state index is 13.4. The highest BCUT2D eigenvalue weighted by molar-refractivity contribution is 5.51. The molecule has 1 aromatic rings. The molecular formula is C12H18FNO2. The van der Waals surface area contributed by atoms with Crippen molar-refractivity contribution in [2.24, 2.45) is 5.73 Å². The van der Waals surface area contributed by atoms with Crippen LogP contribution in [-0.4, -0.2) is 18.8 Å². The molecule has 1 atom stereocenters. The summed E-state index contributed by atoms with van der Waals surface area (Å²) in [7, 11) is 1.34. The van der Waals surface area contributed by atoms with Gasteiger partial charge in [-0.15, -0.1) is 0 Å². The van der Waals surface area contributed by atoms with Crippen LogP contribution < -0.4 is 10.5 Å². The molecule has 16 heavy (non-hydrogen) atoms. The van der Waals surface area contributed by atoms with Gasteiger partial charge in [-0.05, 0) is 37.4 Å². The lowest BCUT2D eigenvalue weighted by Crippen LogP contribution is -2.07. The molecule has 1 aromatic carbocycles. The fourth-order valence-electron chi connectivity index (χ4n) is 1.97. The maximum Gasteiger partial charge on any atom is 0.196 e. The highest BCUT2D eigenvalue weighted by Crippen LogP contribution is 2.39. The minimum absolute atomic E-state index is 0.0829. The number of methoxy groups -OCH3 is 1. The van der Waals surface area contributed by atoms with E-state index < -0.39 is 5.82 Å². The molecule has 90 valence electrons. The average molecular weight is 227 g/mol. The zero-order valence-corrected chi connectivity index (χ0v) is 9.88. The Morgan fingerprint density at radius 3 is 2.69 bits per heavy atom. The minimum atomic E-state index is -0.541. The molecule has 4 heteroatoms. The van der Waals surface area contributed by atoms with Crippen LogP contribution in [0.4, 0.5) is 4.39 Å². The lowest BCUT2D eigenvalue weighted by molar-refractivity contribution is 0.346. The summed E-state index contributed by atoms with van der Waals surface area (Å²) in [6.07, 6.45) is 0.739. The van der Waals surface area contributed by atoms with Crippen molar-refractivity contribution >= 4 is 0 Å². The molecule has 3 N–H and O–H groups in total. The third kappa shape index (κ3) is 2.27. The molecule has 0 saturated carbocycles. The quantitative estimate of drug-likeness (QED) is 0.829. The molecule has 0 aliphatic carbocycles. The third-order valence-corrected chi connectivity index (χ3v) is 2.75. The van der Waals surface area contributed by atoms with Crippen LogP contribution >= 0.6 is 0 Å². The van der Waals surface area contributed by atoms with E-state index in [0.29, 0.717) is 12.1 Å². The summed E-state index contributed by atoms with van der Waals surface area (Å²) in [6, 6.07) is 1.38. The minimum Gasteiger partial charge on any atom is -0.504 e. The number of ether oxygens (including phenoxy) is 1. The number of aryl methyl sites for hydroxylation is 1.